The van der Waals surface area contributed by atoms with Crippen molar-refractivity contribution in [3.05, 3.63) is 17.6 Å². The fourth-order valence-electron chi connectivity index (χ4n) is 2.34. The van der Waals surface area contributed by atoms with Gasteiger partial charge in [0.2, 0.25) is 10.0 Å². The molecule has 2 rings (SSSR count). The van der Waals surface area contributed by atoms with Crippen LogP contribution >= 0.6 is 0 Å². The van der Waals surface area contributed by atoms with Crippen LogP contribution in [0.4, 0.5) is 0 Å². The molecule has 0 N–H and O–H groups in total. The molecule has 17 heavy (non-hydrogen) atoms. The largest absolute Gasteiger partial charge is 0.465 e. The second kappa shape index (κ2) is 4.14. The van der Waals surface area contributed by atoms with E-state index in [9.17, 15) is 8.42 Å². The van der Waals surface area contributed by atoms with Gasteiger partial charge in [0, 0.05) is 12.6 Å². The van der Waals surface area contributed by atoms with Gasteiger partial charge in [-0.25, -0.2) is 8.42 Å². The van der Waals surface area contributed by atoms with E-state index in [1.165, 1.54) is 0 Å². The van der Waals surface area contributed by atoms with Crippen LogP contribution < -0.4 is 0 Å². The normalized spacial score (nSPS) is 21.8. The fraction of sp³-hybridized carbons (Fsp3) is 0.667. The Kier molecular flexibility index (Phi) is 3.08. The molecule has 1 aromatic heterocycles. The smallest absolute Gasteiger partial charge is 0.246 e. The minimum Gasteiger partial charge on any atom is -0.465 e. The average molecular weight is 257 g/mol. The van der Waals surface area contributed by atoms with Crippen LogP contribution in [-0.2, 0) is 10.0 Å². The summed E-state index contributed by atoms with van der Waals surface area (Å²) < 4.78 is 31.8. The zero-order valence-corrected chi connectivity index (χ0v) is 11.5. The first-order valence-electron chi connectivity index (χ1n) is 5.93. The fourth-order valence-corrected chi connectivity index (χ4v) is 4.36. The Morgan fingerprint density at radius 1 is 1.41 bits per heavy atom. The van der Waals surface area contributed by atoms with E-state index in [0.717, 1.165) is 6.42 Å². The summed E-state index contributed by atoms with van der Waals surface area (Å²) in [5, 5.41) is 0. The number of aryl methyl sites for hydroxylation is 2. The topological polar surface area (TPSA) is 50.5 Å². The third-order valence-electron chi connectivity index (χ3n) is 3.37. The van der Waals surface area contributed by atoms with Crippen molar-refractivity contribution in [2.24, 2.45) is 5.92 Å². The summed E-state index contributed by atoms with van der Waals surface area (Å²) in [6.45, 7) is 8.20. The second-order valence-corrected chi connectivity index (χ2v) is 6.85. The molecule has 96 valence electrons. The number of rotatable bonds is 3. The standard InChI is InChI=1S/C12H19NO3S/c1-8(2)11-5-6-13(11)17(14,15)12-7-9(3)16-10(12)4/h7-8,11H,5-6H2,1-4H3. The molecule has 1 unspecified atom stereocenters. The van der Waals surface area contributed by atoms with Gasteiger partial charge in [-0.1, -0.05) is 13.8 Å². The predicted molar refractivity (Wildman–Crippen MR) is 65.3 cm³/mol. The molecular weight excluding hydrogens is 238 g/mol. The Bertz CT molecular complexity index is 516. The van der Waals surface area contributed by atoms with Crippen molar-refractivity contribution in [1.82, 2.24) is 4.31 Å². The molecule has 0 radical (unpaired) electrons. The van der Waals surface area contributed by atoms with Crippen LogP contribution in [0, 0.1) is 19.8 Å². The van der Waals surface area contributed by atoms with Gasteiger partial charge in [0.25, 0.3) is 0 Å². The Balaban J connectivity index is 2.34. The van der Waals surface area contributed by atoms with E-state index >= 15 is 0 Å². The summed E-state index contributed by atoms with van der Waals surface area (Å²) >= 11 is 0. The van der Waals surface area contributed by atoms with E-state index in [4.69, 9.17) is 4.42 Å². The molecule has 1 aromatic rings. The monoisotopic (exact) mass is 257 g/mol. The molecule has 2 heterocycles. The van der Waals surface area contributed by atoms with Crippen molar-refractivity contribution >= 4 is 10.0 Å². The lowest BCUT2D eigenvalue weighted by Gasteiger charge is -2.41. The highest BCUT2D eigenvalue weighted by Crippen LogP contribution is 2.33. The number of nitrogens with zero attached hydrogens (tertiary/aromatic N) is 1. The maximum atomic E-state index is 12.4. The molecule has 1 aliphatic rings. The average Bonchev–Trinajstić information content (AvgIpc) is 2.41. The Morgan fingerprint density at radius 2 is 2.06 bits per heavy atom. The maximum absolute atomic E-state index is 12.4. The maximum Gasteiger partial charge on any atom is 0.246 e. The summed E-state index contributed by atoms with van der Waals surface area (Å²) in [7, 11) is -3.37. The minimum absolute atomic E-state index is 0.134. The van der Waals surface area contributed by atoms with Crippen molar-refractivity contribution in [3.8, 4) is 0 Å². The Labute approximate surface area is 103 Å². The van der Waals surface area contributed by atoms with Crippen molar-refractivity contribution in [2.45, 2.75) is 45.1 Å². The molecule has 1 saturated heterocycles. The van der Waals surface area contributed by atoms with Gasteiger partial charge >= 0.3 is 0 Å². The molecular formula is C12H19NO3S. The van der Waals surface area contributed by atoms with Gasteiger partial charge in [0.05, 0.1) is 0 Å². The van der Waals surface area contributed by atoms with Crippen LogP contribution in [0.2, 0.25) is 0 Å². The first kappa shape index (κ1) is 12.6. The molecule has 1 aliphatic heterocycles. The molecule has 1 fully saturated rings. The van der Waals surface area contributed by atoms with E-state index in [0.29, 0.717) is 28.9 Å². The van der Waals surface area contributed by atoms with Crippen LogP contribution in [0.15, 0.2) is 15.4 Å². The van der Waals surface area contributed by atoms with Crippen LogP contribution in [0.25, 0.3) is 0 Å². The highest BCUT2D eigenvalue weighted by atomic mass is 32.2. The van der Waals surface area contributed by atoms with E-state index in [1.807, 2.05) is 0 Å². The van der Waals surface area contributed by atoms with Gasteiger partial charge in [-0.05, 0) is 32.3 Å². The zero-order valence-electron chi connectivity index (χ0n) is 10.7. The van der Waals surface area contributed by atoms with E-state index in [-0.39, 0.29) is 6.04 Å². The van der Waals surface area contributed by atoms with Crippen molar-refractivity contribution in [1.29, 1.82) is 0 Å². The Hall–Kier alpha value is -0.810. The number of sulfonamides is 1. The summed E-state index contributed by atoms with van der Waals surface area (Å²) in [5.41, 5.74) is 0. The van der Waals surface area contributed by atoms with Crippen LogP contribution in [0.5, 0.6) is 0 Å². The molecule has 1 atom stereocenters. The molecule has 4 nitrogen and oxygen atoms in total. The number of hydrogen-bond acceptors (Lipinski definition) is 3. The van der Waals surface area contributed by atoms with Gasteiger partial charge < -0.3 is 4.42 Å². The molecule has 5 heteroatoms. The van der Waals surface area contributed by atoms with Gasteiger partial charge in [0.1, 0.15) is 16.4 Å². The predicted octanol–water partition coefficient (Wildman–Crippen LogP) is 2.32. The lowest BCUT2D eigenvalue weighted by molar-refractivity contribution is 0.150. The molecule has 0 aliphatic carbocycles. The minimum atomic E-state index is -3.37. The summed E-state index contributed by atoms with van der Waals surface area (Å²) in [6, 6.07) is 1.75. The van der Waals surface area contributed by atoms with Crippen LogP contribution in [0.3, 0.4) is 0 Å². The molecule has 0 bridgehead atoms. The molecule has 0 spiro atoms. The number of hydrogen-bond donors (Lipinski definition) is 0. The van der Waals surface area contributed by atoms with Crippen molar-refractivity contribution in [2.75, 3.05) is 6.54 Å². The molecule has 0 amide bonds. The van der Waals surface area contributed by atoms with Crippen molar-refractivity contribution < 1.29 is 12.8 Å². The lowest BCUT2D eigenvalue weighted by Crippen LogP contribution is -2.53. The van der Waals surface area contributed by atoms with Gasteiger partial charge in [-0.15, -0.1) is 0 Å². The number of furan rings is 1. The van der Waals surface area contributed by atoms with Crippen molar-refractivity contribution in [3.63, 3.8) is 0 Å². The first-order valence-corrected chi connectivity index (χ1v) is 7.37. The third-order valence-corrected chi connectivity index (χ3v) is 5.40. The SMILES string of the molecule is Cc1cc(S(=O)(=O)N2CCC2C(C)C)c(C)o1. The van der Waals surface area contributed by atoms with Gasteiger partial charge in [-0.2, -0.15) is 4.31 Å². The van der Waals surface area contributed by atoms with Gasteiger partial charge in [-0.3, -0.25) is 0 Å². The molecule has 0 aromatic carbocycles. The quantitative estimate of drug-likeness (QED) is 0.835. The van der Waals surface area contributed by atoms with Gasteiger partial charge in [0.15, 0.2) is 0 Å². The summed E-state index contributed by atoms with van der Waals surface area (Å²) in [6.07, 6.45) is 0.951. The highest BCUT2D eigenvalue weighted by Gasteiger charge is 2.41. The summed E-state index contributed by atoms with van der Waals surface area (Å²) in [4.78, 5) is 0.320. The van der Waals surface area contributed by atoms with E-state index in [2.05, 4.69) is 13.8 Å². The second-order valence-electron chi connectivity index (χ2n) is 4.99. The Morgan fingerprint density at radius 3 is 2.41 bits per heavy atom. The molecule has 0 saturated carbocycles. The lowest BCUT2D eigenvalue weighted by atomic mass is 9.95. The van der Waals surface area contributed by atoms with Crippen LogP contribution in [-0.4, -0.2) is 25.3 Å². The van der Waals surface area contributed by atoms with Crippen LogP contribution in [0.1, 0.15) is 31.8 Å². The highest BCUT2D eigenvalue weighted by molar-refractivity contribution is 7.89. The van der Waals surface area contributed by atoms with E-state index in [1.54, 1.807) is 24.2 Å². The summed E-state index contributed by atoms with van der Waals surface area (Å²) in [5.74, 6) is 1.48. The third kappa shape index (κ3) is 2.02. The first-order chi connectivity index (χ1) is 7.84. The van der Waals surface area contributed by atoms with E-state index < -0.39 is 10.0 Å². The zero-order chi connectivity index (χ0) is 12.8.